The molecule has 210 valence electrons. The maximum absolute atomic E-state index is 11.6. The molecule has 2 unspecified atom stereocenters. The van der Waals surface area contributed by atoms with E-state index < -0.39 is 12.2 Å². The Labute approximate surface area is 235 Å². The van der Waals surface area contributed by atoms with E-state index in [0.717, 1.165) is 30.8 Å². The zero-order chi connectivity index (χ0) is 27.9. The molecule has 0 spiro atoms. The number of carbonyl (C=O) groups excluding carboxylic acids is 1. The Morgan fingerprint density at radius 1 is 1.00 bits per heavy atom. The number of anilines is 1. The second-order valence-corrected chi connectivity index (χ2v) is 10.7. The Bertz CT molecular complexity index is 1420. The summed E-state index contributed by atoms with van der Waals surface area (Å²) in [6, 6.07) is 16.6. The molecular weight excluding hydrogens is 532 g/mol. The van der Waals surface area contributed by atoms with Gasteiger partial charge in [0.15, 0.2) is 18.5 Å². The lowest BCUT2D eigenvalue weighted by Crippen LogP contribution is -2.28. The van der Waals surface area contributed by atoms with Gasteiger partial charge in [-0.05, 0) is 36.2 Å². The normalized spacial score (nSPS) is 14.3. The highest BCUT2D eigenvalue weighted by molar-refractivity contribution is 7.11. The lowest BCUT2D eigenvalue weighted by molar-refractivity contribution is -0.118. The van der Waals surface area contributed by atoms with Crippen LogP contribution in [0.2, 0.25) is 0 Å². The fraction of sp³-hybridized carbons (Fsp3) is 0.310. The summed E-state index contributed by atoms with van der Waals surface area (Å²) in [5, 5.41) is 40.3. The SMILES string of the molecule is O=C1COc2c(C(O)CNCCc3ccc(CNCCc4cnc(C(O)c5ccccc5)o4)s3)ccc(O)c2N1. The number of phenols is 1. The molecule has 2 atom stereocenters. The van der Waals surface area contributed by atoms with Gasteiger partial charge in [-0.3, -0.25) is 4.79 Å². The molecule has 0 aliphatic carbocycles. The Balaban J connectivity index is 1.01. The number of nitrogens with zero attached hydrogens (tertiary/aromatic N) is 1. The maximum atomic E-state index is 11.6. The monoisotopic (exact) mass is 564 g/mol. The minimum atomic E-state index is -0.874. The van der Waals surface area contributed by atoms with Crippen molar-refractivity contribution in [2.45, 2.75) is 31.6 Å². The number of aromatic hydroxyl groups is 1. The van der Waals surface area contributed by atoms with Gasteiger partial charge in [0.1, 0.15) is 17.2 Å². The van der Waals surface area contributed by atoms with Crippen LogP contribution in [0.3, 0.4) is 0 Å². The molecule has 1 aliphatic heterocycles. The topological polar surface area (TPSA) is 149 Å². The van der Waals surface area contributed by atoms with Gasteiger partial charge >= 0.3 is 0 Å². The average Bonchev–Trinajstić information content (AvgIpc) is 3.64. The number of hydrogen-bond donors (Lipinski definition) is 6. The van der Waals surface area contributed by atoms with E-state index in [-0.39, 0.29) is 24.0 Å². The molecule has 6 N–H and O–H groups in total. The summed E-state index contributed by atoms with van der Waals surface area (Å²) in [4.78, 5) is 18.3. The van der Waals surface area contributed by atoms with Crippen molar-refractivity contribution in [3.05, 3.63) is 93.3 Å². The van der Waals surface area contributed by atoms with E-state index in [1.807, 2.05) is 30.3 Å². The molecule has 2 aromatic carbocycles. The van der Waals surface area contributed by atoms with Gasteiger partial charge in [0.05, 0.1) is 12.3 Å². The van der Waals surface area contributed by atoms with Gasteiger partial charge in [-0.15, -0.1) is 11.3 Å². The quantitative estimate of drug-likeness (QED) is 0.106. The summed E-state index contributed by atoms with van der Waals surface area (Å²) in [5.74, 6) is 0.886. The molecule has 1 aliphatic rings. The van der Waals surface area contributed by atoms with Gasteiger partial charge < -0.3 is 40.4 Å². The minimum absolute atomic E-state index is 0.0965. The van der Waals surface area contributed by atoms with Crippen LogP contribution in [-0.2, 0) is 24.2 Å². The summed E-state index contributed by atoms with van der Waals surface area (Å²) in [7, 11) is 0. The Morgan fingerprint density at radius 3 is 2.65 bits per heavy atom. The number of thiophene rings is 1. The molecule has 3 heterocycles. The zero-order valence-electron chi connectivity index (χ0n) is 21.8. The summed E-state index contributed by atoms with van der Waals surface area (Å²) in [5.41, 5.74) is 1.45. The number of nitrogens with one attached hydrogen (secondary N) is 3. The van der Waals surface area contributed by atoms with Crippen molar-refractivity contribution >= 4 is 22.9 Å². The molecule has 0 fully saturated rings. The van der Waals surface area contributed by atoms with Crippen molar-refractivity contribution in [2.75, 3.05) is 31.6 Å². The second kappa shape index (κ2) is 13.1. The third kappa shape index (κ3) is 6.87. The van der Waals surface area contributed by atoms with Gasteiger partial charge in [0.2, 0.25) is 5.89 Å². The standard InChI is InChI=1S/C29H32N4O6S/c34-23-9-8-22(28-26(23)33-25(36)17-38-28)24(35)16-31-13-11-20-6-7-21(40-20)15-30-12-10-19-14-32-29(39-19)27(37)18-4-2-1-3-5-18/h1-9,14,24,27,30-31,34-35,37H,10-13,15-17H2,(H,33,36). The van der Waals surface area contributed by atoms with E-state index in [2.05, 4.69) is 33.1 Å². The first-order valence-corrected chi connectivity index (χ1v) is 13.9. The van der Waals surface area contributed by atoms with Crippen LogP contribution in [-0.4, -0.2) is 52.5 Å². The van der Waals surface area contributed by atoms with E-state index in [4.69, 9.17) is 9.15 Å². The molecular formula is C29H32N4O6S. The molecule has 40 heavy (non-hydrogen) atoms. The molecule has 0 saturated heterocycles. The van der Waals surface area contributed by atoms with Crippen molar-refractivity contribution in [2.24, 2.45) is 0 Å². The summed E-state index contributed by atoms with van der Waals surface area (Å²) in [6.07, 6.45) is 1.43. The number of fused-ring (bicyclic) bond motifs is 1. The van der Waals surface area contributed by atoms with E-state index in [9.17, 15) is 20.1 Å². The van der Waals surface area contributed by atoms with Crippen LogP contribution in [0.25, 0.3) is 0 Å². The predicted molar refractivity (Wildman–Crippen MR) is 151 cm³/mol. The van der Waals surface area contributed by atoms with Gasteiger partial charge in [-0.1, -0.05) is 30.3 Å². The molecule has 0 saturated carbocycles. The number of benzene rings is 2. The van der Waals surface area contributed by atoms with Crippen LogP contribution in [0, 0.1) is 0 Å². The number of phenolic OH excluding ortho intramolecular Hbond substituents is 1. The summed E-state index contributed by atoms with van der Waals surface area (Å²) in [6.45, 7) is 2.30. The number of rotatable bonds is 13. The molecule has 4 aromatic rings. The Morgan fingerprint density at radius 2 is 1.80 bits per heavy atom. The highest BCUT2D eigenvalue weighted by Gasteiger charge is 2.25. The zero-order valence-corrected chi connectivity index (χ0v) is 22.6. The molecule has 5 rings (SSSR count). The van der Waals surface area contributed by atoms with Crippen LogP contribution in [0.15, 0.2) is 65.2 Å². The maximum Gasteiger partial charge on any atom is 0.262 e. The lowest BCUT2D eigenvalue weighted by Gasteiger charge is -2.23. The van der Waals surface area contributed by atoms with Gasteiger partial charge in [-0.2, -0.15) is 0 Å². The van der Waals surface area contributed by atoms with Crippen molar-refractivity contribution in [1.29, 1.82) is 0 Å². The first kappa shape index (κ1) is 27.8. The fourth-order valence-electron chi connectivity index (χ4n) is 4.42. The molecule has 0 bridgehead atoms. The molecule has 10 nitrogen and oxygen atoms in total. The number of aliphatic hydroxyl groups excluding tert-OH is 2. The first-order chi connectivity index (χ1) is 19.5. The highest BCUT2D eigenvalue weighted by atomic mass is 32.1. The lowest BCUT2D eigenvalue weighted by atomic mass is 10.1. The first-order valence-electron chi connectivity index (χ1n) is 13.1. The largest absolute Gasteiger partial charge is 0.506 e. The van der Waals surface area contributed by atoms with Crippen LogP contribution in [0.4, 0.5) is 5.69 Å². The number of carbonyl (C=O) groups is 1. The third-order valence-corrected chi connectivity index (χ3v) is 7.65. The third-order valence-electron chi connectivity index (χ3n) is 6.51. The number of oxazole rings is 1. The minimum Gasteiger partial charge on any atom is -0.506 e. The number of aromatic nitrogens is 1. The van der Waals surface area contributed by atoms with Crippen LogP contribution < -0.4 is 20.7 Å². The van der Waals surface area contributed by atoms with Crippen molar-refractivity contribution < 1.29 is 29.3 Å². The molecule has 1 amide bonds. The van der Waals surface area contributed by atoms with E-state index in [1.54, 1.807) is 23.6 Å². The second-order valence-electron chi connectivity index (χ2n) is 9.46. The van der Waals surface area contributed by atoms with Gasteiger partial charge in [0, 0.05) is 47.9 Å². The number of aliphatic hydroxyl groups is 2. The Kier molecular flexibility index (Phi) is 9.09. The fourth-order valence-corrected chi connectivity index (χ4v) is 5.41. The van der Waals surface area contributed by atoms with Crippen molar-refractivity contribution in [3.63, 3.8) is 0 Å². The number of hydrogen-bond acceptors (Lipinski definition) is 10. The Hall–Kier alpha value is -3.74. The predicted octanol–water partition coefficient (Wildman–Crippen LogP) is 3.05. The van der Waals surface area contributed by atoms with E-state index in [0.29, 0.717) is 36.7 Å². The van der Waals surface area contributed by atoms with E-state index in [1.165, 1.54) is 15.8 Å². The molecule has 0 radical (unpaired) electrons. The number of ether oxygens (including phenoxy) is 1. The van der Waals surface area contributed by atoms with Gasteiger partial charge in [-0.25, -0.2) is 4.98 Å². The smallest absolute Gasteiger partial charge is 0.262 e. The van der Waals surface area contributed by atoms with Crippen molar-refractivity contribution in [3.8, 4) is 11.5 Å². The average molecular weight is 565 g/mol. The highest BCUT2D eigenvalue weighted by Crippen LogP contribution is 2.41. The summed E-state index contributed by atoms with van der Waals surface area (Å²) < 4.78 is 11.2. The van der Waals surface area contributed by atoms with Crippen molar-refractivity contribution in [1.82, 2.24) is 15.6 Å². The van der Waals surface area contributed by atoms with Gasteiger partial charge in [0.25, 0.3) is 5.91 Å². The summed E-state index contributed by atoms with van der Waals surface area (Å²) >= 11 is 1.74. The number of amides is 1. The molecule has 2 aromatic heterocycles. The van der Waals surface area contributed by atoms with Crippen LogP contribution >= 0.6 is 11.3 Å². The molecule has 11 heteroatoms. The van der Waals surface area contributed by atoms with Crippen LogP contribution in [0.5, 0.6) is 11.5 Å². The van der Waals surface area contributed by atoms with E-state index >= 15 is 0 Å². The van der Waals surface area contributed by atoms with Crippen LogP contribution in [0.1, 0.15) is 44.7 Å².